The van der Waals surface area contributed by atoms with Crippen molar-refractivity contribution in [3.8, 4) is 5.75 Å². The van der Waals surface area contributed by atoms with Gasteiger partial charge in [-0.15, -0.1) is 12.4 Å². The van der Waals surface area contributed by atoms with E-state index in [1.165, 1.54) is 12.8 Å². The Kier molecular flexibility index (Phi) is 7.54. The van der Waals surface area contributed by atoms with E-state index >= 15 is 0 Å². The predicted molar refractivity (Wildman–Crippen MR) is 86.7 cm³/mol. The van der Waals surface area contributed by atoms with Crippen LogP contribution in [0.1, 0.15) is 26.2 Å². The number of carbonyl (C=O) groups is 1. The first-order chi connectivity index (χ1) is 9.70. The summed E-state index contributed by atoms with van der Waals surface area (Å²) in [5.41, 5.74) is 5.70. The molecule has 4 nitrogen and oxygen atoms in total. The molecule has 1 amide bonds. The summed E-state index contributed by atoms with van der Waals surface area (Å²) in [5, 5.41) is 3.06. The van der Waals surface area contributed by atoms with E-state index in [0.29, 0.717) is 25.5 Å². The highest BCUT2D eigenvalue weighted by Crippen LogP contribution is 2.32. The monoisotopic (exact) mass is 312 g/mol. The topological polar surface area (TPSA) is 64.3 Å². The Balaban J connectivity index is 0.00000220. The summed E-state index contributed by atoms with van der Waals surface area (Å²) in [4.78, 5) is 12.1. The smallest absolute Gasteiger partial charge is 0.223 e. The van der Waals surface area contributed by atoms with Gasteiger partial charge in [-0.05, 0) is 37.3 Å². The minimum Gasteiger partial charge on any atom is -0.494 e. The van der Waals surface area contributed by atoms with E-state index in [1.54, 1.807) is 0 Å². The molecule has 2 unspecified atom stereocenters. The van der Waals surface area contributed by atoms with Crippen LogP contribution in [0.3, 0.4) is 0 Å². The lowest BCUT2D eigenvalue weighted by Crippen LogP contribution is -2.44. The number of amides is 1. The highest BCUT2D eigenvalue weighted by atomic mass is 35.5. The van der Waals surface area contributed by atoms with Crippen LogP contribution in [0.5, 0.6) is 5.75 Å². The SMILES string of the molecule is CC(CCOc1ccccc1)C(=O)NC(CN)C1CC1.Cl. The first kappa shape index (κ1) is 17.8. The van der Waals surface area contributed by atoms with E-state index in [-0.39, 0.29) is 30.3 Å². The number of nitrogens with one attached hydrogen (secondary N) is 1. The molecule has 1 saturated carbocycles. The lowest BCUT2D eigenvalue weighted by Gasteiger charge is -2.19. The van der Waals surface area contributed by atoms with Crippen molar-refractivity contribution in [3.05, 3.63) is 30.3 Å². The van der Waals surface area contributed by atoms with Gasteiger partial charge in [0.25, 0.3) is 0 Å². The summed E-state index contributed by atoms with van der Waals surface area (Å²) in [6.07, 6.45) is 3.09. The zero-order chi connectivity index (χ0) is 14.4. The highest BCUT2D eigenvalue weighted by Gasteiger charge is 2.31. The number of benzene rings is 1. The van der Waals surface area contributed by atoms with Gasteiger partial charge < -0.3 is 15.8 Å². The van der Waals surface area contributed by atoms with E-state index in [2.05, 4.69) is 5.32 Å². The summed E-state index contributed by atoms with van der Waals surface area (Å²) in [6.45, 7) is 3.02. The largest absolute Gasteiger partial charge is 0.494 e. The van der Waals surface area contributed by atoms with Crippen LogP contribution in [0, 0.1) is 11.8 Å². The lowest BCUT2D eigenvalue weighted by atomic mass is 10.1. The Labute approximate surface area is 132 Å². The Hall–Kier alpha value is -1.26. The normalized spacial score (nSPS) is 16.5. The molecule has 0 radical (unpaired) electrons. The number of hydrogen-bond acceptors (Lipinski definition) is 3. The fraction of sp³-hybridized carbons (Fsp3) is 0.562. The van der Waals surface area contributed by atoms with Crippen molar-refractivity contribution in [2.24, 2.45) is 17.6 Å². The Bertz CT molecular complexity index is 424. The molecule has 1 aliphatic carbocycles. The van der Waals surface area contributed by atoms with E-state index in [0.717, 1.165) is 5.75 Å². The quantitative estimate of drug-likeness (QED) is 0.774. The number of nitrogens with two attached hydrogens (primary N) is 1. The maximum Gasteiger partial charge on any atom is 0.223 e. The van der Waals surface area contributed by atoms with Crippen LogP contribution in [0.25, 0.3) is 0 Å². The Morgan fingerprint density at radius 2 is 2.05 bits per heavy atom. The van der Waals surface area contributed by atoms with Crippen LogP contribution in [-0.2, 0) is 4.79 Å². The minimum absolute atomic E-state index is 0. The van der Waals surface area contributed by atoms with Gasteiger partial charge in [0.1, 0.15) is 5.75 Å². The molecule has 0 heterocycles. The van der Waals surface area contributed by atoms with Gasteiger partial charge in [0.2, 0.25) is 5.91 Å². The Morgan fingerprint density at radius 3 is 2.62 bits per heavy atom. The molecule has 118 valence electrons. The zero-order valence-electron chi connectivity index (χ0n) is 12.5. The van der Waals surface area contributed by atoms with Gasteiger partial charge in [-0.2, -0.15) is 0 Å². The van der Waals surface area contributed by atoms with Crippen LogP contribution < -0.4 is 15.8 Å². The van der Waals surface area contributed by atoms with E-state index < -0.39 is 0 Å². The van der Waals surface area contributed by atoms with Crippen molar-refractivity contribution in [2.45, 2.75) is 32.2 Å². The molecular weight excluding hydrogens is 288 g/mol. The third-order valence-corrected chi connectivity index (χ3v) is 3.78. The summed E-state index contributed by atoms with van der Waals surface area (Å²) in [5.74, 6) is 1.48. The van der Waals surface area contributed by atoms with E-state index in [4.69, 9.17) is 10.5 Å². The first-order valence-electron chi connectivity index (χ1n) is 7.39. The summed E-state index contributed by atoms with van der Waals surface area (Å²) in [6, 6.07) is 9.82. The molecule has 0 saturated heterocycles. The van der Waals surface area contributed by atoms with Gasteiger partial charge in [0.15, 0.2) is 0 Å². The van der Waals surface area contributed by atoms with Crippen molar-refractivity contribution in [1.29, 1.82) is 0 Å². The molecule has 2 atom stereocenters. The highest BCUT2D eigenvalue weighted by molar-refractivity contribution is 5.85. The number of ether oxygens (including phenoxy) is 1. The summed E-state index contributed by atoms with van der Waals surface area (Å²) < 4.78 is 5.61. The average molecular weight is 313 g/mol. The fourth-order valence-corrected chi connectivity index (χ4v) is 2.19. The third-order valence-electron chi connectivity index (χ3n) is 3.78. The van der Waals surface area contributed by atoms with E-state index in [9.17, 15) is 4.79 Å². The zero-order valence-corrected chi connectivity index (χ0v) is 13.3. The van der Waals surface area contributed by atoms with Gasteiger partial charge in [-0.3, -0.25) is 4.79 Å². The second kappa shape index (κ2) is 8.90. The van der Waals surface area contributed by atoms with Crippen molar-refractivity contribution < 1.29 is 9.53 Å². The second-order valence-corrected chi connectivity index (χ2v) is 5.54. The molecule has 1 aromatic rings. The number of hydrogen-bond donors (Lipinski definition) is 2. The maximum atomic E-state index is 12.1. The third kappa shape index (κ3) is 5.94. The Morgan fingerprint density at radius 1 is 1.38 bits per heavy atom. The van der Waals surface area contributed by atoms with Crippen molar-refractivity contribution in [3.63, 3.8) is 0 Å². The molecule has 3 N–H and O–H groups in total. The molecule has 5 heteroatoms. The minimum atomic E-state index is -0.0495. The van der Waals surface area contributed by atoms with Crippen LogP contribution in [-0.4, -0.2) is 25.1 Å². The van der Waals surface area contributed by atoms with Crippen LogP contribution >= 0.6 is 12.4 Å². The summed E-state index contributed by atoms with van der Waals surface area (Å²) >= 11 is 0. The molecule has 0 bridgehead atoms. The first-order valence-corrected chi connectivity index (χ1v) is 7.39. The van der Waals surface area contributed by atoms with Gasteiger partial charge in [-0.1, -0.05) is 25.1 Å². The van der Waals surface area contributed by atoms with Gasteiger partial charge in [-0.25, -0.2) is 0 Å². The van der Waals surface area contributed by atoms with Crippen molar-refractivity contribution in [1.82, 2.24) is 5.32 Å². The molecular formula is C16H25ClN2O2. The molecule has 1 aliphatic rings. The molecule has 1 aromatic carbocycles. The number of carbonyl (C=O) groups excluding carboxylic acids is 1. The molecule has 21 heavy (non-hydrogen) atoms. The molecule has 0 spiro atoms. The standard InChI is InChI=1S/C16H24N2O2.ClH/c1-12(9-10-20-14-5-3-2-4-6-14)16(19)18-15(11-17)13-7-8-13;/h2-6,12-13,15H,7-11,17H2,1H3,(H,18,19);1H. The van der Waals surface area contributed by atoms with E-state index in [1.807, 2.05) is 37.3 Å². The van der Waals surface area contributed by atoms with Crippen molar-refractivity contribution in [2.75, 3.05) is 13.2 Å². The average Bonchev–Trinajstić information content (AvgIpc) is 3.30. The lowest BCUT2D eigenvalue weighted by molar-refractivity contribution is -0.125. The fourth-order valence-electron chi connectivity index (χ4n) is 2.19. The van der Waals surface area contributed by atoms with Crippen LogP contribution in [0.2, 0.25) is 0 Å². The van der Waals surface area contributed by atoms with Gasteiger partial charge in [0, 0.05) is 18.5 Å². The maximum absolute atomic E-state index is 12.1. The number of rotatable bonds is 8. The molecule has 1 fully saturated rings. The summed E-state index contributed by atoms with van der Waals surface area (Å²) in [7, 11) is 0. The molecule has 0 aliphatic heterocycles. The second-order valence-electron chi connectivity index (χ2n) is 5.54. The van der Waals surface area contributed by atoms with Gasteiger partial charge in [0.05, 0.1) is 6.61 Å². The molecule has 0 aromatic heterocycles. The van der Waals surface area contributed by atoms with Crippen LogP contribution in [0.4, 0.5) is 0 Å². The number of para-hydroxylation sites is 1. The van der Waals surface area contributed by atoms with Gasteiger partial charge >= 0.3 is 0 Å². The molecule has 2 rings (SSSR count). The predicted octanol–water partition coefficient (Wildman–Crippen LogP) is 2.37. The number of halogens is 1. The van der Waals surface area contributed by atoms with Crippen LogP contribution in [0.15, 0.2) is 30.3 Å². The van der Waals surface area contributed by atoms with Crippen molar-refractivity contribution >= 4 is 18.3 Å².